The lowest BCUT2D eigenvalue weighted by Gasteiger charge is -2.23. The van der Waals surface area contributed by atoms with Crippen molar-refractivity contribution >= 4 is 11.7 Å². The maximum atomic E-state index is 10.9. The lowest BCUT2D eigenvalue weighted by molar-refractivity contribution is 0.0697. The second-order valence-corrected chi connectivity index (χ2v) is 3.79. The molecular weight excluding hydrogens is 202 g/mol. The number of carboxylic acid groups (broad SMARTS) is 1. The van der Waals surface area contributed by atoms with Crippen LogP contribution in [0.4, 0.5) is 5.69 Å². The molecule has 0 atom stereocenters. The van der Waals surface area contributed by atoms with Crippen LogP contribution in [0.15, 0.2) is 24.3 Å². The lowest BCUT2D eigenvalue weighted by Crippen LogP contribution is -2.23. The molecule has 1 aromatic carbocycles. The van der Waals surface area contributed by atoms with Crippen molar-refractivity contribution in [2.24, 2.45) is 0 Å². The number of anilines is 1. The first kappa shape index (κ1) is 12.6. The molecular formula is C13H19NO2. The standard InChI is InChI=1S/C13H19NO2/c1-3-5-9-14(4-2)12-8-6-7-11(10-12)13(15)16/h6-8,10H,3-5,9H2,1-2H3,(H,15,16). The molecule has 1 aromatic rings. The molecule has 0 aliphatic rings. The van der Waals surface area contributed by atoms with E-state index in [1.165, 1.54) is 0 Å². The molecule has 0 radical (unpaired) electrons. The zero-order valence-electron chi connectivity index (χ0n) is 9.94. The van der Waals surface area contributed by atoms with E-state index in [4.69, 9.17) is 5.11 Å². The summed E-state index contributed by atoms with van der Waals surface area (Å²) in [6, 6.07) is 7.12. The van der Waals surface area contributed by atoms with Crippen LogP contribution in [0.3, 0.4) is 0 Å². The highest BCUT2D eigenvalue weighted by Gasteiger charge is 2.07. The molecule has 0 aliphatic carbocycles. The monoisotopic (exact) mass is 221 g/mol. The van der Waals surface area contributed by atoms with Crippen molar-refractivity contribution in [3.63, 3.8) is 0 Å². The molecule has 88 valence electrons. The van der Waals surface area contributed by atoms with Crippen molar-refractivity contribution in [1.82, 2.24) is 0 Å². The van der Waals surface area contributed by atoms with E-state index in [0.717, 1.165) is 31.6 Å². The summed E-state index contributed by atoms with van der Waals surface area (Å²) < 4.78 is 0. The molecule has 0 spiro atoms. The largest absolute Gasteiger partial charge is 0.478 e. The molecule has 3 heteroatoms. The van der Waals surface area contributed by atoms with Crippen LogP contribution in [-0.2, 0) is 0 Å². The Balaban J connectivity index is 2.83. The highest BCUT2D eigenvalue weighted by molar-refractivity contribution is 5.88. The zero-order valence-corrected chi connectivity index (χ0v) is 9.94. The Bertz CT molecular complexity index is 350. The summed E-state index contributed by atoms with van der Waals surface area (Å²) in [5, 5.41) is 8.92. The number of carboxylic acids is 1. The Morgan fingerprint density at radius 2 is 2.12 bits per heavy atom. The van der Waals surface area contributed by atoms with Crippen LogP contribution in [0.2, 0.25) is 0 Å². The van der Waals surface area contributed by atoms with Gasteiger partial charge in [-0.05, 0) is 31.5 Å². The predicted octanol–water partition coefficient (Wildman–Crippen LogP) is 3.01. The molecule has 0 aromatic heterocycles. The fourth-order valence-electron chi connectivity index (χ4n) is 1.65. The van der Waals surface area contributed by atoms with E-state index in [9.17, 15) is 4.79 Å². The van der Waals surface area contributed by atoms with Crippen LogP contribution in [0.25, 0.3) is 0 Å². The van der Waals surface area contributed by atoms with E-state index in [-0.39, 0.29) is 0 Å². The van der Waals surface area contributed by atoms with E-state index in [0.29, 0.717) is 5.56 Å². The van der Waals surface area contributed by atoms with Gasteiger partial charge in [-0.3, -0.25) is 0 Å². The summed E-state index contributed by atoms with van der Waals surface area (Å²) in [6.45, 7) is 6.13. The van der Waals surface area contributed by atoms with Gasteiger partial charge < -0.3 is 10.0 Å². The van der Waals surface area contributed by atoms with Gasteiger partial charge in [0.2, 0.25) is 0 Å². The summed E-state index contributed by atoms with van der Waals surface area (Å²) >= 11 is 0. The van der Waals surface area contributed by atoms with Crippen LogP contribution in [0, 0.1) is 0 Å². The molecule has 1 rings (SSSR count). The van der Waals surface area contributed by atoms with Gasteiger partial charge in [0.15, 0.2) is 0 Å². The van der Waals surface area contributed by atoms with Crippen molar-refractivity contribution in [3.8, 4) is 0 Å². The lowest BCUT2D eigenvalue weighted by atomic mass is 10.2. The smallest absolute Gasteiger partial charge is 0.335 e. The van der Waals surface area contributed by atoms with Gasteiger partial charge in [0.05, 0.1) is 5.56 Å². The van der Waals surface area contributed by atoms with E-state index >= 15 is 0 Å². The molecule has 0 bridgehead atoms. The molecule has 0 saturated carbocycles. The van der Waals surface area contributed by atoms with E-state index < -0.39 is 5.97 Å². The molecule has 3 nitrogen and oxygen atoms in total. The zero-order chi connectivity index (χ0) is 12.0. The van der Waals surface area contributed by atoms with Crippen molar-refractivity contribution in [3.05, 3.63) is 29.8 Å². The van der Waals surface area contributed by atoms with Crippen LogP contribution in [0.5, 0.6) is 0 Å². The van der Waals surface area contributed by atoms with Gasteiger partial charge in [-0.15, -0.1) is 0 Å². The van der Waals surface area contributed by atoms with Gasteiger partial charge in [-0.2, -0.15) is 0 Å². The first-order valence-corrected chi connectivity index (χ1v) is 5.77. The van der Waals surface area contributed by atoms with Gasteiger partial charge in [0.1, 0.15) is 0 Å². The fourth-order valence-corrected chi connectivity index (χ4v) is 1.65. The summed E-state index contributed by atoms with van der Waals surface area (Å²) in [6.07, 6.45) is 2.28. The highest BCUT2D eigenvalue weighted by Crippen LogP contribution is 2.16. The summed E-state index contributed by atoms with van der Waals surface area (Å²) in [4.78, 5) is 13.1. The Labute approximate surface area is 96.7 Å². The first-order chi connectivity index (χ1) is 7.69. The Hall–Kier alpha value is -1.51. The summed E-state index contributed by atoms with van der Waals surface area (Å²) in [7, 11) is 0. The normalized spacial score (nSPS) is 10.1. The quantitative estimate of drug-likeness (QED) is 0.802. The third-order valence-corrected chi connectivity index (χ3v) is 2.62. The third-order valence-electron chi connectivity index (χ3n) is 2.62. The van der Waals surface area contributed by atoms with Crippen molar-refractivity contribution in [1.29, 1.82) is 0 Å². The Kier molecular flexibility index (Phi) is 4.83. The van der Waals surface area contributed by atoms with Crippen LogP contribution >= 0.6 is 0 Å². The minimum atomic E-state index is -0.867. The van der Waals surface area contributed by atoms with Gasteiger partial charge in [0.25, 0.3) is 0 Å². The summed E-state index contributed by atoms with van der Waals surface area (Å²) in [5.74, 6) is -0.867. The molecule has 1 N–H and O–H groups in total. The topological polar surface area (TPSA) is 40.5 Å². The maximum absolute atomic E-state index is 10.9. The number of hydrogen-bond donors (Lipinski definition) is 1. The van der Waals surface area contributed by atoms with E-state index in [1.807, 2.05) is 6.07 Å². The number of nitrogens with zero attached hydrogens (tertiary/aromatic N) is 1. The van der Waals surface area contributed by atoms with Crippen LogP contribution in [-0.4, -0.2) is 24.2 Å². The molecule has 0 unspecified atom stereocenters. The van der Waals surface area contributed by atoms with Gasteiger partial charge in [-0.1, -0.05) is 19.4 Å². The molecule has 0 aliphatic heterocycles. The number of hydrogen-bond acceptors (Lipinski definition) is 2. The van der Waals surface area contributed by atoms with Crippen molar-refractivity contribution in [2.45, 2.75) is 26.7 Å². The minimum Gasteiger partial charge on any atom is -0.478 e. The highest BCUT2D eigenvalue weighted by atomic mass is 16.4. The maximum Gasteiger partial charge on any atom is 0.335 e. The Morgan fingerprint density at radius 1 is 1.38 bits per heavy atom. The SMILES string of the molecule is CCCCN(CC)c1cccc(C(=O)O)c1. The fraction of sp³-hybridized carbons (Fsp3) is 0.462. The second kappa shape index (κ2) is 6.16. The van der Waals surface area contributed by atoms with Crippen LogP contribution < -0.4 is 4.90 Å². The van der Waals surface area contributed by atoms with Gasteiger partial charge in [0, 0.05) is 18.8 Å². The molecule has 16 heavy (non-hydrogen) atoms. The predicted molar refractivity (Wildman–Crippen MR) is 66.2 cm³/mol. The first-order valence-electron chi connectivity index (χ1n) is 5.77. The average molecular weight is 221 g/mol. The molecule has 0 amide bonds. The number of carbonyl (C=O) groups is 1. The molecule has 0 heterocycles. The van der Waals surface area contributed by atoms with Crippen molar-refractivity contribution < 1.29 is 9.90 Å². The third kappa shape index (κ3) is 3.26. The van der Waals surface area contributed by atoms with E-state index in [2.05, 4.69) is 18.7 Å². The van der Waals surface area contributed by atoms with Crippen LogP contribution in [0.1, 0.15) is 37.0 Å². The minimum absolute atomic E-state index is 0.354. The number of benzene rings is 1. The van der Waals surface area contributed by atoms with Gasteiger partial charge >= 0.3 is 5.97 Å². The summed E-state index contributed by atoms with van der Waals surface area (Å²) in [5.41, 5.74) is 1.35. The van der Waals surface area contributed by atoms with E-state index in [1.54, 1.807) is 18.2 Å². The number of unbranched alkanes of at least 4 members (excludes halogenated alkanes) is 1. The number of rotatable bonds is 6. The molecule has 0 saturated heterocycles. The van der Waals surface area contributed by atoms with Crippen molar-refractivity contribution in [2.75, 3.05) is 18.0 Å². The van der Waals surface area contributed by atoms with Gasteiger partial charge in [-0.25, -0.2) is 4.79 Å². The molecule has 0 fully saturated rings. The number of aromatic carboxylic acids is 1. The Morgan fingerprint density at radius 3 is 2.69 bits per heavy atom. The second-order valence-electron chi connectivity index (χ2n) is 3.79. The average Bonchev–Trinajstić information content (AvgIpc) is 2.30.